The average molecular weight is 948 g/mol. The third-order valence-corrected chi connectivity index (χ3v) is 14.1. The first-order chi connectivity index (χ1) is 33.0. The van der Waals surface area contributed by atoms with Gasteiger partial charge in [-0.2, -0.15) is 0 Å². The van der Waals surface area contributed by atoms with Crippen molar-refractivity contribution in [3.05, 3.63) is 0 Å². The van der Waals surface area contributed by atoms with Gasteiger partial charge in [0.15, 0.2) is 6.10 Å². The maximum Gasteiger partial charge on any atom is 0.306 e. The summed E-state index contributed by atoms with van der Waals surface area (Å²) in [4.78, 5) is 38.2. The summed E-state index contributed by atoms with van der Waals surface area (Å²) >= 11 is 0. The number of esters is 3. The minimum atomic E-state index is -0.761. The van der Waals surface area contributed by atoms with Crippen LogP contribution in [0, 0.1) is 0 Å². The van der Waals surface area contributed by atoms with E-state index in [9.17, 15) is 14.4 Å². The fourth-order valence-corrected chi connectivity index (χ4v) is 9.51. The fraction of sp³-hybridized carbons (Fsp3) is 0.951. The average Bonchev–Trinajstić information content (AvgIpc) is 3.33. The molecule has 0 aliphatic rings. The van der Waals surface area contributed by atoms with Crippen LogP contribution in [0.1, 0.15) is 355 Å². The van der Waals surface area contributed by atoms with Crippen molar-refractivity contribution < 1.29 is 28.6 Å². The molecule has 0 aromatic carbocycles. The Balaban J connectivity index is 4.25. The monoisotopic (exact) mass is 947 g/mol. The van der Waals surface area contributed by atoms with Crippen molar-refractivity contribution in [2.45, 2.75) is 361 Å². The van der Waals surface area contributed by atoms with Crippen molar-refractivity contribution in [1.82, 2.24) is 0 Å². The molecule has 0 heterocycles. The zero-order chi connectivity index (χ0) is 48.6. The van der Waals surface area contributed by atoms with Crippen molar-refractivity contribution in [3.8, 4) is 0 Å². The smallest absolute Gasteiger partial charge is 0.306 e. The van der Waals surface area contributed by atoms with Crippen LogP contribution in [0.4, 0.5) is 0 Å². The summed E-state index contributed by atoms with van der Waals surface area (Å²) < 4.78 is 16.9. The predicted molar refractivity (Wildman–Crippen MR) is 289 cm³/mol. The molecular formula is C61H118O6. The second-order valence-electron chi connectivity index (χ2n) is 21.0. The zero-order valence-corrected chi connectivity index (χ0v) is 45.7. The van der Waals surface area contributed by atoms with Gasteiger partial charge in [0.25, 0.3) is 0 Å². The van der Waals surface area contributed by atoms with Crippen LogP contribution >= 0.6 is 0 Å². The summed E-state index contributed by atoms with van der Waals surface area (Å²) in [6, 6.07) is 0. The molecule has 1 unspecified atom stereocenters. The normalized spacial score (nSPS) is 11.9. The van der Waals surface area contributed by atoms with Crippen LogP contribution < -0.4 is 0 Å². The van der Waals surface area contributed by atoms with E-state index in [-0.39, 0.29) is 31.1 Å². The van der Waals surface area contributed by atoms with Gasteiger partial charge in [-0.05, 0) is 19.3 Å². The molecule has 6 nitrogen and oxygen atoms in total. The molecule has 0 aliphatic heterocycles. The first-order valence-electron chi connectivity index (χ1n) is 30.5. The summed E-state index contributed by atoms with van der Waals surface area (Å²) in [5.74, 6) is -0.828. The molecule has 1 atom stereocenters. The third-order valence-electron chi connectivity index (χ3n) is 14.1. The molecule has 0 fully saturated rings. The van der Waals surface area contributed by atoms with Crippen molar-refractivity contribution in [3.63, 3.8) is 0 Å². The highest BCUT2D eigenvalue weighted by Crippen LogP contribution is 2.18. The molecule has 0 bridgehead atoms. The first kappa shape index (κ1) is 65.4. The number of carbonyl (C=O) groups excluding carboxylic acids is 3. The molecule has 0 N–H and O–H groups in total. The minimum absolute atomic E-state index is 0.0608. The summed E-state index contributed by atoms with van der Waals surface area (Å²) in [5, 5.41) is 0. The Labute approximate surface area is 418 Å². The van der Waals surface area contributed by atoms with Gasteiger partial charge in [-0.15, -0.1) is 0 Å². The van der Waals surface area contributed by atoms with Crippen LogP contribution in [0.2, 0.25) is 0 Å². The lowest BCUT2D eigenvalue weighted by Gasteiger charge is -2.18. The molecule has 0 aromatic rings. The highest BCUT2D eigenvalue weighted by atomic mass is 16.6. The molecule has 0 rings (SSSR count). The topological polar surface area (TPSA) is 78.9 Å². The number of hydrogen-bond donors (Lipinski definition) is 0. The molecule has 67 heavy (non-hydrogen) atoms. The number of carbonyl (C=O) groups is 3. The van der Waals surface area contributed by atoms with E-state index < -0.39 is 6.10 Å². The number of unbranched alkanes of at least 4 members (excludes halogenated alkanes) is 46. The van der Waals surface area contributed by atoms with Crippen LogP contribution in [0.25, 0.3) is 0 Å². The van der Waals surface area contributed by atoms with Gasteiger partial charge in [-0.25, -0.2) is 0 Å². The third kappa shape index (κ3) is 55.2. The molecule has 0 amide bonds. The quantitative estimate of drug-likeness (QED) is 0.0343. The van der Waals surface area contributed by atoms with Gasteiger partial charge in [-0.3, -0.25) is 14.4 Å². The molecule has 0 aromatic heterocycles. The lowest BCUT2D eigenvalue weighted by molar-refractivity contribution is -0.167. The van der Waals surface area contributed by atoms with Crippen molar-refractivity contribution in [2.75, 3.05) is 13.2 Å². The van der Waals surface area contributed by atoms with Gasteiger partial charge >= 0.3 is 17.9 Å². The van der Waals surface area contributed by atoms with Gasteiger partial charge in [0.1, 0.15) is 13.2 Å². The van der Waals surface area contributed by atoms with Gasteiger partial charge in [0.05, 0.1) is 0 Å². The second-order valence-corrected chi connectivity index (χ2v) is 21.0. The molecule has 0 saturated heterocycles. The lowest BCUT2D eigenvalue weighted by Crippen LogP contribution is -2.30. The Hall–Kier alpha value is -1.59. The van der Waals surface area contributed by atoms with E-state index in [1.165, 1.54) is 257 Å². The van der Waals surface area contributed by atoms with Crippen LogP contribution in [-0.4, -0.2) is 37.2 Å². The molecular weight excluding hydrogens is 829 g/mol. The Morgan fingerprint density at radius 3 is 0.597 bits per heavy atom. The highest BCUT2D eigenvalue weighted by molar-refractivity contribution is 5.71. The van der Waals surface area contributed by atoms with E-state index in [0.717, 1.165) is 57.8 Å². The van der Waals surface area contributed by atoms with Crippen molar-refractivity contribution in [1.29, 1.82) is 0 Å². The van der Waals surface area contributed by atoms with E-state index in [1.54, 1.807) is 0 Å². The van der Waals surface area contributed by atoms with Gasteiger partial charge < -0.3 is 14.2 Å². The first-order valence-corrected chi connectivity index (χ1v) is 30.5. The van der Waals surface area contributed by atoms with Gasteiger partial charge in [0.2, 0.25) is 0 Å². The van der Waals surface area contributed by atoms with Crippen LogP contribution in [-0.2, 0) is 28.6 Å². The number of rotatable bonds is 57. The largest absolute Gasteiger partial charge is 0.462 e. The maximum absolute atomic E-state index is 12.8. The zero-order valence-electron chi connectivity index (χ0n) is 45.7. The SMILES string of the molecule is CCCCCCCCCCCCCCCCCCCCCC(=O)OCC(COC(=O)CCCCCCCCCCCCCCCCCCC)OC(=O)CCCCCCCCCCCCCCC. The standard InChI is InChI=1S/C61H118O6/c1-4-7-10-13-16-19-22-25-27-29-30-32-34-37-39-42-45-48-51-54-60(63)66-57-58(67-61(64)55-52-49-46-43-40-35-24-21-18-15-12-9-6-3)56-65-59(62)53-50-47-44-41-38-36-33-31-28-26-23-20-17-14-11-8-5-2/h58H,4-57H2,1-3H3. The van der Waals surface area contributed by atoms with Gasteiger partial charge in [0, 0.05) is 19.3 Å². The molecule has 0 aliphatic carbocycles. The Morgan fingerprint density at radius 2 is 0.403 bits per heavy atom. The fourth-order valence-electron chi connectivity index (χ4n) is 9.51. The number of ether oxygens (including phenoxy) is 3. The van der Waals surface area contributed by atoms with E-state index in [0.29, 0.717) is 19.3 Å². The summed E-state index contributed by atoms with van der Waals surface area (Å²) in [5.41, 5.74) is 0. The molecule has 0 spiro atoms. The van der Waals surface area contributed by atoms with Crippen molar-refractivity contribution >= 4 is 17.9 Å². The summed E-state index contributed by atoms with van der Waals surface area (Å²) in [6.45, 7) is 6.72. The molecule has 398 valence electrons. The van der Waals surface area contributed by atoms with E-state index in [2.05, 4.69) is 20.8 Å². The molecule has 6 heteroatoms. The Bertz CT molecular complexity index is 998. The van der Waals surface area contributed by atoms with E-state index in [4.69, 9.17) is 14.2 Å². The van der Waals surface area contributed by atoms with Crippen molar-refractivity contribution in [2.24, 2.45) is 0 Å². The van der Waals surface area contributed by atoms with E-state index >= 15 is 0 Å². The van der Waals surface area contributed by atoms with Crippen LogP contribution in [0.15, 0.2) is 0 Å². The molecule has 0 saturated carbocycles. The number of hydrogen-bond acceptors (Lipinski definition) is 6. The second kappa shape index (κ2) is 57.0. The lowest BCUT2D eigenvalue weighted by atomic mass is 10.0. The summed E-state index contributed by atoms with van der Waals surface area (Å²) in [7, 11) is 0. The predicted octanol–water partition coefficient (Wildman–Crippen LogP) is 20.3. The summed E-state index contributed by atoms with van der Waals surface area (Å²) in [6.07, 6.45) is 63.8. The van der Waals surface area contributed by atoms with E-state index in [1.807, 2.05) is 0 Å². The van der Waals surface area contributed by atoms with Crippen LogP contribution in [0.5, 0.6) is 0 Å². The minimum Gasteiger partial charge on any atom is -0.462 e. The Kier molecular flexibility index (Phi) is 55.6. The Morgan fingerprint density at radius 1 is 0.239 bits per heavy atom. The maximum atomic E-state index is 12.8. The van der Waals surface area contributed by atoms with Crippen LogP contribution in [0.3, 0.4) is 0 Å². The molecule has 0 radical (unpaired) electrons. The highest BCUT2D eigenvalue weighted by Gasteiger charge is 2.19. The van der Waals surface area contributed by atoms with Gasteiger partial charge in [-0.1, -0.05) is 316 Å².